The van der Waals surface area contributed by atoms with E-state index in [-0.39, 0.29) is 0 Å². The van der Waals surface area contributed by atoms with Crippen molar-refractivity contribution >= 4 is 0 Å². The summed E-state index contributed by atoms with van der Waals surface area (Å²) in [5, 5.41) is 0. The van der Waals surface area contributed by atoms with Crippen LogP contribution < -0.4 is 0 Å². The molecule has 0 aromatic carbocycles. The van der Waals surface area contributed by atoms with Crippen molar-refractivity contribution in [2.24, 2.45) is 5.92 Å². The summed E-state index contributed by atoms with van der Waals surface area (Å²) in [6, 6.07) is 0. The van der Waals surface area contributed by atoms with Crippen molar-refractivity contribution < 1.29 is 4.74 Å². The molecule has 1 aliphatic rings. The third-order valence-corrected chi connectivity index (χ3v) is 3.07. The molecule has 0 aromatic heterocycles. The number of hydrogen-bond donors (Lipinski definition) is 0. The standard InChI is InChI=1S/C12H25NO/c1-3-4-10-14-11-9-13-7-5-12(2)6-8-13/h12H,3-11H2,1-2H3. The van der Waals surface area contributed by atoms with E-state index < -0.39 is 0 Å². The van der Waals surface area contributed by atoms with E-state index in [2.05, 4.69) is 18.7 Å². The van der Waals surface area contributed by atoms with Gasteiger partial charge in [-0.05, 0) is 38.3 Å². The van der Waals surface area contributed by atoms with Crippen LogP contribution in [0.15, 0.2) is 0 Å². The fourth-order valence-electron chi connectivity index (χ4n) is 1.83. The molecule has 0 bridgehead atoms. The van der Waals surface area contributed by atoms with Gasteiger partial charge in [0.25, 0.3) is 0 Å². The Kier molecular flexibility index (Phi) is 6.20. The van der Waals surface area contributed by atoms with Crippen molar-refractivity contribution in [3.63, 3.8) is 0 Å². The van der Waals surface area contributed by atoms with Crippen LogP contribution >= 0.6 is 0 Å². The molecule has 0 aromatic rings. The molecule has 1 heterocycles. The maximum atomic E-state index is 5.56. The van der Waals surface area contributed by atoms with Gasteiger partial charge in [0.05, 0.1) is 6.61 Å². The molecule has 0 amide bonds. The molecule has 0 atom stereocenters. The monoisotopic (exact) mass is 199 g/mol. The lowest BCUT2D eigenvalue weighted by Crippen LogP contribution is -2.35. The number of unbranched alkanes of at least 4 members (excludes halogenated alkanes) is 1. The Morgan fingerprint density at radius 2 is 1.93 bits per heavy atom. The lowest BCUT2D eigenvalue weighted by Gasteiger charge is -2.29. The second-order valence-corrected chi connectivity index (χ2v) is 4.49. The highest BCUT2D eigenvalue weighted by molar-refractivity contribution is 4.68. The van der Waals surface area contributed by atoms with Crippen LogP contribution in [-0.2, 0) is 4.74 Å². The van der Waals surface area contributed by atoms with E-state index in [9.17, 15) is 0 Å². The van der Waals surface area contributed by atoms with Crippen LogP contribution in [0.2, 0.25) is 0 Å². The number of nitrogens with zero attached hydrogens (tertiary/aromatic N) is 1. The zero-order valence-corrected chi connectivity index (χ0v) is 9.80. The smallest absolute Gasteiger partial charge is 0.0593 e. The lowest BCUT2D eigenvalue weighted by atomic mass is 9.99. The summed E-state index contributed by atoms with van der Waals surface area (Å²) in [6.07, 6.45) is 5.18. The molecule has 0 spiro atoms. The Morgan fingerprint density at radius 3 is 2.57 bits per heavy atom. The van der Waals surface area contributed by atoms with Gasteiger partial charge in [-0.1, -0.05) is 20.3 Å². The molecule has 1 fully saturated rings. The molecule has 0 aliphatic carbocycles. The van der Waals surface area contributed by atoms with Gasteiger partial charge in [-0.25, -0.2) is 0 Å². The summed E-state index contributed by atoms with van der Waals surface area (Å²) in [5.41, 5.74) is 0. The van der Waals surface area contributed by atoms with Crippen LogP contribution in [0.1, 0.15) is 39.5 Å². The van der Waals surface area contributed by atoms with Crippen molar-refractivity contribution in [3.05, 3.63) is 0 Å². The first-order valence-electron chi connectivity index (χ1n) is 6.13. The Bertz CT molecular complexity index is 130. The summed E-state index contributed by atoms with van der Waals surface area (Å²) < 4.78 is 5.56. The number of ether oxygens (including phenoxy) is 1. The zero-order chi connectivity index (χ0) is 10.2. The molecule has 84 valence electrons. The van der Waals surface area contributed by atoms with Gasteiger partial charge in [-0.15, -0.1) is 0 Å². The quantitative estimate of drug-likeness (QED) is 0.610. The highest BCUT2D eigenvalue weighted by Crippen LogP contribution is 2.15. The largest absolute Gasteiger partial charge is 0.380 e. The maximum absolute atomic E-state index is 5.56. The van der Waals surface area contributed by atoms with Gasteiger partial charge in [0, 0.05) is 13.2 Å². The maximum Gasteiger partial charge on any atom is 0.0593 e. The Labute approximate surface area is 88.6 Å². The van der Waals surface area contributed by atoms with E-state index in [1.165, 1.54) is 38.8 Å². The van der Waals surface area contributed by atoms with Crippen LogP contribution in [0.4, 0.5) is 0 Å². The van der Waals surface area contributed by atoms with Gasteiger partial charge in [-0.2, -0.15) is 0 Å². The molecule has 0 radical (unpaired) electrons. The van der Waals surface area contributed by atoms with Crippen LogP contribution in [0.3, 0.4) is 0 Å². The van der Waals surface area contributed by atoms with Gasteiger partial charge in [0.1, 0.15) is 0 Å². The Balaban J connectivity index is 1.91. The molecule has 1 aliphatic heterocycles. The van der Waals surface area contributed by atoms with E-state index in [1.54, 1.807) is 0 Å². The average molecular weight is 199 g/mol. The molecule has 0 N–H and O–H groups in total. The third kappa shape index (κ3) is 4.97. The highest BCUT2D eigenvalue weighted by atomic mass is 16.5. The van der Waals surface area contributed by atoms with Crippen LogP contribution in [0, 0.1) is 5.92 Å². The molecule has 1 saturated heterocycles. The highest BCUT2D eigenvalue weighted by Gasteiger charge is 2.14. The van der Waals surface area contributed by atoms with Gasteiger partial charge >= 0.3 is 0 Å². The molecular weight excluding hydrogens is 174 g/mol. The number of rotatable bonds is 6. The van der Waals surface area contributed by atoms with Crippen LogP contribution in [0.25, 0.3) is 0 Å². The van der Waals surface area contributed by atoms with Crippen molar-refractivity contribution in [3.8, 4) is 0 Å². The van der Waals surface area contributed by atoms with E-state index in [4.69, 9.17) is 4.74 Å². The molecule has 0 unspecified atom stereocenters. The molecule has 0 saturated carbocycles. The minimum absolute atomic E-state index is 0.925. The Morgan fingerprint density at radius 1 is 1.21 bits per heavy atom. The topological polar surface area (TPSA) is 12.5 Å². The normalized spacial score (nSPS) is 20.1. The second-order valence-electron chi connectivity index (χ2n) is 4.49. The summed E-state index contributed by atoms with van der Waals surface area (Å²) >= 11 is 0. The first kappa shape index (κ1) is 12.0. The van der Waals surface area contributed by atoms with Gasteiger partial charge in [-0.3, -0.25) is 0 Å². The minimum atomic E-state index is 0.925. The minimum Gasteiger partial charge on any atom is -0.380 e. The predicted molar refractivity (Wildman–Crippen MR) is 60.6 cm³/mol. The fraction of sp³-hybridized carbons (Fsp3) is 1.00. The second kappa shape index (κ2) is 7.24. The lowest BCUT2D eigenvalue weighted by molar-refractivity contribution is 0.0884. The van der Waals surface area contributed by atoms with Crippen LogP contribution in [0.5, 0.6) is 0 Å². The van der Waals surface area contributed by atoms with Gasteiger partial charge in [0.15, 0.2) is 0 Å². The zero-order valence-electron chi connectivity index (χ0n) is 9.80. The van der Waals surface area contributed by atoms with Gasteiger partial charge in [0.2, 0.25) is 0 Å². The van der Waals surface area contributed by atoms with Gasteiger partial charge < -0.3 is 9.64 Å². The number of hydrogen-bond acceptors (Lipinski definition) is 2. The molecule has 2 heteroatoms. The predicted octanol–water partition coefficient (Wildman–Crippen LogP) is 2.54. The summed E-state index contributed by atoms with van der Waals surface area (Å²) in [6.45, 7) is 10.1. The molecule has 1 rings (SSSR count). The van der Waals surface area contributed by atoms with Crippen molar-refractivity contribution in [2.75, 3.05) is 32.8 Å². The van der Waals surface area contributed by atoms with E-state index in [1.807, 2.05) is 0 Å². The SMILES string of the molecule is CCCCOCCN1CCC(C)CC1. The number of likely N-dealkylation sites (tertiary alicyclic amines) is 1. The first-order valence-corrected chi connectivity index (χ1v) is 6.13. The third-order valence-electron chi connectivity index (χ3n) is 3.07. The average Bonchev–Trinajstić information content (AvgIpc) is 2.21. The summed E-state index contributed by atoms with van der Waals surface area (Å²) in [7, 11) is 0. The first-order chi connectivity index (χ1) is 6.83. The molecular formula is C12H25NO. The van der Waals surface area contributed by atoms with Crippen molar-refractivity contribution in [1.29, 1.82) is 0 Å². The molecule has 14 heavy (non-hydrogen) atoms. The Hall–Kier alpha value is -0.0800. The van der Waals surface area contributed by atoms with E-state index in [0.717, 1.165) is 25.7 Å². The van der Waals surface area contributed by atoms with E-state index >= 15 is 0 Å². The number of piperidine rings is 1. The summed E-state index contributed by atoms with van der Waals surface area (Å²) in [5.74, 6) is 0.937. The van der Waals surface area contributed by atoms with E-state index in [0.29, 0.717) is 0 Å². The summed E-state index contributed by atoms with van der Waals surface area (Å²) in [4.78, 5) is 2.53. The van der Waals surface area contributed by atoms with Crippen molar-refractivity contribution in [2.45, 2.75) is 39.5 Å². The van der Waals surface area contributed by atoms with Crippen molar-refractivity contribution in [1.82, 2.24) is 4.90 Å². The molecule has 2 nitrogen and oxygen atoms in total. The fourth-order valence-corrected chi connectivity index (χ4v) is 1.83. The van der Waals surface area contributed by atoms with Crippen LogP contribution in [-0.4, -0.2) is 37.7 Å².